The number of rotatable bonds is 13. The topological polar surface area (TPSA) is 115 Å². The molecule has 2 aromatic carbocycles. The molecule has 1 aliphatic heterocycles. The molecule has 0 radical (unpaired) electrons. The Morgan fingerprint density at radius 2 is 1.90 bits per heavy atom. The molecule has 39 heavy (non-hydrogen) atoms. The molecular formula is C27H35ClN3O7P. The van der Waals surface area contributed by atoms with E-state index >= 15 is 0 Å². The lowest BCUT2D eigenvalue weighted by atomic mass is 10.1. The third kappa shape index (κ3) is 11.8. The number of methoxy groups -OCH3 is 1. The Morgan fingerprint density at radius 3 is 2.51 bits per heavy atom. The number of carbonyl (C=O) groups is 3. The third-order valence-corrected chi connectivity index (χ3v) is 6.79. The van der Waals surface area contributed by atoms with Crippen molar-refractivity contribution >= 4 is 38.7 Å². The maximum atomic E-state index is 12.1. The van der Waals surface area contributed by atoms with Crippen LogP contribution in [-0.4, -0.2) is 63.1 Å². The molecule has 0 aliphatic carbocycles. The summed E-state index contributed by atoms with van der Waals surface area (Å²) < 4.78 is 22.5. The van der Waals surface area contributed by atoms with Crippen molar-refractivity contribution in [1.29, 1.82) is 0 Å². The van der Waals surface area contributed by atoms with Crippen LogP contribution in [0.1, 0.15) is 18.9 Å². The molecule has 12 heteroatoms. The van der Waals surface area contributed by atoms with E-state index in [1.165, 1.54) is 29.8 Å². The fourth-order valence-electron chi connectivity index (χ4n) is 3.59. The molecule has 1 fully saturated rings. The summed E-state index contributed by atoms with van der Waals surface area (Å²) in [7, 11) is 1.61. The van der Waals surface area contributed by atoms with Crippen molar-refractivity contribution in [1.82, 2.24) is 15.3 Å². The van der Waals surface area contributed by atoms with Crippen LogP contribution >= 0.6 is 20.1 Å². The van der Waals surface area contributed by atoms with Crippen molar-refractivity contribution < 1.29 is 32.9 Å². The van der Waals surface area contributed by atoms with Crippen LogP contribution in [0.3, 0.4) is 0 Å². The second-order valence-corrected chi connectivity index (χ2v) is 10.1. The average molecular weight is 580 g/mol. The van der Waals surface area contributed by atoms with Crippen LogP contribution in [-0.2, 0) is 30.2 Å². The Labute approximate surface area is 235 Å². The van der Waals surface area contributed by atoms with E-state index in [0.29, 0.717) is 36.4 Å². The number of amides is 2. The molecule has 2 amide bonds. The monoisotopic (exact) mass is 579 g/mol. The van der Waals surface area contributed by atoms with Gasteiger partial charge in [-0.15, -0.1) is 0 Å². The number of ether oxygens (including phenoxy) is 2. The smallest absolute Gasteiger partial charge is 0.323 e. The summed E-state index contributed by atoms with van der Waals surface area (Å²) in [6.07, 6.45) is 3.74. The largest absolute Gasteiger partial charge is 0.436 e. The number of benzene rings is 2. The molecule has 1 saturated heterocycles. The molecule has 4 atom stereocenters. The minimum atomic E-state index is -1.59. The fourth-order valence-corrected chi connectivity index (χ4v) is 4.76. The molecule has 1 aliphatic rings. The average Bonchev–Trinajstić information content (AvgIpc) is 3.32. The Bertz CT molecular complexity index is 1030. The lowest BCUT2D eigenvalue weighted by Gasteiger charge is -2.27. The molecule has 3 rings (SSSR count). The van der Waals surface area contributed by atoms with Gasteiger partial charge < -0.3 is 28.6 Å². The lowest BCUT2D eigenvalue weighted by Crippen LogP contribution is -2.44. The normalized spacial score (nSPS) is 19.0. The third-order valence-electron chi connectivity index (χ3n) is 5.34. The van der Waals surface area contributed by atoms with Gasteiger partial charge in [0.25, 0.3) is 0 Å². The summed E-state index contributed by atoms with van der Waals surface area (Å²) in [4.78, 5) is 34.9. The lowest BCUT2D eigenvalue weighted by molar-refractivity contribution is -0.107. The standard InChI is InChI=1S/C19H25ClN3O6P.C8H10O/c1-14-12-17(28-18(14)23(9-3-10-24)19(26)21-2)13-27-30(22-8-11-25)29-16-6-4-15(20)5-7-16;1-9-7-8-5-3-2-4-6-8/h3-7,9-11,14,17-18,22H,8,12-13H2,1-2H3,(H,21,26);2-6H,7H2,1H3/b9-3-;. The summed E-state index contributed by atoms with van der Waals surface area (Å²) in [5.74, 6) is 0.561. The Hall–Kier alpha value is -2.85. The van der Waals surface area contributed by atoms with Crippen molar-refractivity contribution in [3.05, 3.63) is 77.5 Å². The zero-order valence-corrected chi connectivity index (χ0v) is 23.8. The van der Waals surface area contributed by atoms with Gasteiger partial charge in [-0.2, -0.15) is 0 Å². The molecule has 10 nitrogen and oxygen atoms in total. The van der Waals surface area contributed by atoms with Crippen LogP contribution in [0, 0.1) is 5.92 Å². The van der Waals surface area contributed by atoms with Gasteiger partial charge in [0.1, 0.15) is 24.5 Å². The number of aldehydes is 2. The van der Waals surface area contributed by atoms with Crippen molar-refractivity contribution in [2.45, 2.75) is 32.3 Å². The molecule has 1 heterocycles. The predicted molar refractivity (Wildman–Crippen MR) is 150 cm³/mol. The number of allylic oxidation sites excluding steroid dienone is 1. The van der Waals surface area contributed by atoms with E-state index in [0.717, 1.165) is 0 Å². The molecule has 2 aromatic rings. The minimum absolute atomic E-state index is 0.0125. The first kappa shape index (κ1) is 32.4. The molecule has 0 spiro atoms. The fraction of sp³-hybridized carbons (Fsp3) is 0.370. The van der Waals surface area contributed by atoms with E-state index in [-0.39, 0.29) is 31.2 Å². The van der Waals surface area contributed by atoms with E-state index in [1.807, 2.05) is 37.3 Å². The van der Waals surface area contributed by atoms with Gasteiger partial charge >= 0.3 is 14.6 Å². The zero-order chi connectivity index (χ0) is 28.5. The summed E-state index contributed by atoms with van der Waals surface area (Å²) in [5, 5.41) is 6.01. The summed E-state index contributed by atoms with van der Waals surface area (Å²) in [6, 6.07) is 16.5. The van der Waals surface area contributed by atoms with Gasteiger partial charge in [-0.05, 0) is 42.3 Å². The first-order valence-corrected chi connectivity index (χ1v) is 13.8. The van der Waals surface area contributed by atoms with Crippen molar-refractivity contribution in [2.75, 3.05) is 27.3 Å². The number of carbonyl (C=O) groups excluding carboxylic acids is 3. The van der Waals surface area contributed by atoms with Crippen molar-refractivity contribution in [3.8, 4) is 5.75 Å². The SMILES string of the molecule is CNC(=O)N(/C=C\C=O)C1OC(COP(NCC=O)Oc2ccc(Cl)cc2)CC1C.COCc1ccccc1. The van der Waals surface area contributed by atoms with Gasteiger partial charge in [-0.3, -0.25) is 9.69 Å². The summed E-state index contributed by atoms with van der Waals surface area (Å²) in [5.41, 5.74) is 1.22. The number of halogens is 1. The number of urea groups is 1. The highest BCUT2D eigenvalue weighted by Crippen LogP contribution is 2.37. The van der Waals surface area contributed by atoms with Crippen LogP contribution in [0.25, 0.3) is 0 Å². The maximum absolute atomic E-state index is 12.1. The van der Waals surface area contributed by atoms with E-state index in [2.05, 4.69) is 10.4 Å². The second-order valence-electron chi connectivity index (χ2n) is 8.35. The van der Waals surface area contributed by atoms with E-state index in [1.54, 1.807) is 31.4 Å². The molecule has 0 bridgehead atoms. The molecule has 4 unspecified atom stereocenters. The van der Waals surface area contributed by atoms with Gasteiger partial charge in [0, 0.05) is 31.3 Å². The second kappa shape index (κ2) is 18.4. The molecule has 0 saturated carbocycles. The van der Waals surface area contributed by atoms with E-state index < -0.39 is 14.8 Å². The molecule has 212 valence electrons. The maximum Gasteiger partial charge on any atom is 0.323 e. The molecular weight excluding hydrogens is 545 g/mol. The number of nitrogens with zero attached hydrogens (tertiary/aromatic N) is 1. The highest BCUT2D eigenvalue weighted by atomic mass is 35.5. The Balaban J connectivity index is 0.000000499. The van der Waals surface area contributed by atoms with Crippen LogP contribution in [0.5, 0.6) is 5.75 Å². The van der Waals surface area contributed by atoms with Crippen LogP contribution in [0.15, 0.2) is 66.9 Å². The number of nitrogens with one attached hydrogen (secondary N) is 2. The highest BCUT2D eigenvalue weighted by molar-refractivity contribution is 7.45. The van der Waals surface area contributed by atoms with Crippen molar-refractivity contribution in [2.24, 2.45) is 5.92 Å². The van der Waals surface area contributed by atoms with Crippen molar-refractivity contribution in [3.63, 3.8) is 0 Å². The number of hydrogen-bond donors (Lipinski definition) is 2. The van der Waals surface area contributed by atoms with Gasteiger partial charge in [-0.1, -0.05) is 48.9 Å². The van der Waals surface area contributed by atoms with E-state index in [9.17, 15) is 14.4 Å². The van der Waals surface area contributed by atoms with Gasteiger partial charge in [-0.25, -0.2) is 9.88 Å². The summed E-state index contributed by atoms with van der Waals surface area (Å²) >= 11 is 5.88. The van der Waals surface area contributed by atoms with Crippen LogP contribution in [0.2, 0.25) is 5.02 Å². The summed E-state index contributed by atoms with van der Waals surface area (Å²) in [6.45, 7) is 2.93. The predicted octanol–water partition coefficient (Wildman–Crippen LogP) is 4.69. The van der Waals surface area contributed by atoms with E-state index in [4.69, 9.17) is 30.1 Å². The van der Waals surface area contributed by atoms with Gasteiger partial charge in [0.15, 0.2) is 0 Å². The first-order chi connectivity index (χ1) is 18.9. The number of hydrogen-bond acceptors (Lipinski definition) is 8. The quantitative estimate of drug-likeness (QED) is 0.200. The first-order valence-electron chi connectivity index (χ1n) is 12.3. The Kier molecular flexibility index (Phi) is 15.3. The van der Waals surface area contributed by atoms with Gasteiger partial charge in [0.05, 0.1) is 25.9 Å². The van der Waals surface area contributed by atoms with Crippen LogP contribution in [0.4, 0.5) is 4.79 Å². The molecule has 2 N–H and O–H groups in total. The highest BCUT2D eigenvalue weighted by Gasteiger charge is 2.38. The Morgan fingerprint density at radius 1 is 1.18 bits per heavy atom. The van der Waals surface area contributed by atoms with Gasteiger partial charge in [0.2, 0.25) is 0 Å². The molecule has 0 aromatic heterocycles. The zero-order valence-electron chi connectivity index (χ0n) is 22.2. The van der Waals surface area contributed by atoms with Crippen LogP contribution < -0.4 is 14.9 Å². The minimum Gasteiger partial charge on any atom is -0.436 e.